The monoisotopic (exact) mass is 316 g/mol. The molecule has 0 aromatic carbocycles. The Bertz CT molecular complexity index is 675. The maximum Gasteiger partial charge on any atom is 0.234 e. The second-order valence-electron chi connectivity index (χ2n) is 6.19. The minimum absolute atomic E-state index is 0.0347. The fraction of sp³-hybridized carbons (Fsp3) is 0.529. The van der Waals surface area contributed by atoms with Crippen LogP contribution in [-0.4, -0.2) is 33.7 Å². The molecular weight excluding hydrogens is 292 g/mol. The lowest BCUT2D eigenvalue weighted by atomic mass is 10.0. The van der Waals surface area contributed by atoms with E-state index in [1.807, 2.05) is 23.9 Å². The number of hydrogen-bond acceptors (Lipinski definition) is 4. The first kappa shape index (κ1) is 15.8. The minimum Gasteiger partial charge on any atom is -0.467 e. The molecule has 124 valence electrons. The van der Waals surface area contributed by atoms with Crippen molar-refractivity contribution in [1.82, 2.24) is 20.0 Å². The quantitative estimate of drug-likeness (QED) is 0.917. The van der Waals surface area contributed by atoms with E-state index in [2.05, 4.69) is 29.2 Å². The van der Waals surface area contributed by atoms with Crippen molar-refractivity contribution in [2.45, 2.75) is 39.3 Å². The van der Waals surface area contributed by atoms with Gasteiger partial charge >= 0.3 is 0 Å². The molecular formula is C17H24N4O2. The number of furan rings is 1. The molecule has 1 N–H and O–H groups in total. The number of aryl methyl sites for hydroxylation is 2. The number of nitrogens with zero attached hydrogens (tertiary/aromatic N) is 3. The van der Waals surface area contributed by atoms with Crippen LogP contribution in [0.4, 0.5) is 0 Å². The summed E-state index contributed by atoms with van der Waals surface area (Å²) in [6.07, 6.45) is 3.81. The molecule has 1 atom stereocenters. The van der Waals surface area contributed by atoms with Crippen LogP contribution >= 0.6 is 0 Å². The molecule has 0 radical (unpaired) electrons. The summed E-state index contributed by atoms with van der Waals surface area (Å²) in [5, 5.41) is 7.44. The van der Waals surface area contributed by atoms with Crippen molar-refractivity contribution in [2.24, 2.45) is 7.05 Å². The van der Waals surface area contributed by atoms with E-state index >= 15 is 0 Å². The number of hydrogen-bond donors (Lipinski definition) is 1. The lowest BCUT2D eigenvalue weighted by Crippen LogP contribution is -2.36. The third kappa shape index (κ3) is 3.32. The van der Waals surface area contributed by atoms with Crippen LogP contribution in [0.5, 0.6) is 0 Å². The molecule has 1 fully saturated rings. The highest BCUT2D eigenvalue weighted by atomic mass is 16.3. The van der Waals surface area contributed by atoms with Crippen molar-refractivity contribution >= 4 is 5.91 Å². The smallest absolute Gasteiger partial charge is 0.234 e. The zero-order chi connectivity index (χ0) is 16.4. The van der Waals surface area contributed by atoms with E-state index in [-0.39, 0.29) is 11.9 Å². The van der Waals surface area contributed by atoms with Gasteiger partial charge in [-0.05, 0) is 45.4 Å². The van der Waals surface area contributed by atoms with Crippen LogP contribution < -0.4 is 5.32 Å². The van der Waals surface area contributed by atoms with Gasteiger partial charge in [0.1, 0.15) is 5.76 Å². The van der Waals surface area contributed by atoms with E-state index in [9.17, 15) is 4.79 Å². The Morgan fingerprint density at radius 2 is 2.30 bits per heavy atom. The molecule has 0 bridgehead atoms. The third-order valence-electron chi connectivity index (χ3n) is 4.65. The van der Waals surface area contributed by atoms with E-state index in [1.54, 1.807) is 6.26 Å². The summed E-state index contributed by atoms with van der Waals surface area (Å²) in [4.78, 5) is 14.5. The average Bonchev–Trinajstić information content (AvgIpc) is 3.21. The van der Waals surface area contributed by atoms with Crippen molar-refractivity contribution < 1.29 is 9.21 Å². The summed E-state index contributed by atoms with van der Waals surface area (Å²) in [5.41, 5.74) is 3.54. The second-order valence-corrected chi connectivity index (χ2v) is 6.19. The van der Waals surface area contributed by atoms with E-state index < -0.39 is 0 Å². The third-order valence-corrected chi connectivity index (χ3v) is 4.65. The van der Waals surface area contributed by atoms with Gasteiger partial charge in [-0.3, -0.25) is 14.4 Å². The van der Waals surface area contributed by atoms with Gasteiger partial charge in [0.25, 0.3) is 0 Å². The van der Waals surface area contributed by atoms with Crippen molar-refractivity contribution in [3.05, 3.63) is 41.1 Å². The van der Waals surface area contributed by atoms with Crippen molar-refractivity contribution in [1.29, 1.82) is 0 Å². The summed E-state index contributed by atoms with van der Waals surface area (Å²) in [7, 11) is 1.97. The van der Waals surface area contributed by atoms with Crippen LogP contribution in [0.15, 0.2) is 22.8 Å². The zero-order valence-corrected chi connectivity index (χ0v) is 14.0. The normalized spacial score (nSPS) is 18.5. The number of nitrogens with one attached hydrogen (secondary N) is 1. The number of aromatic nitrogens is 2. The summed E-state index contributed by atoms with van der Waals surface area (Å²) in [5.74, 6) is 0.808. The molecule has 6 heteroatoms. The molecule has 23 heavy (non-hydrogen) atoms. The lowest BCUT2D eigenvalue weighted by molar-refractivity contribution is -0.122. The number of rotatable bonds is 5. The van der Waals surface area contributed by atoms with Gasteiger partial charge in [0.15, 0.2) is 0 Å². The van der Waals surface area contributed by atoms with Crippen LogP contribution in [0.2, 0.25) is 0 Å². The van der Waals surface area contributed by atoms with Crippen molar-refractivity contribution in [3.8, 4) is 0 Å². The van der Waals surface area contributed by atoms with Crippen molar-refractivity contribution in [2.75, 3.05) is 13.1 Å². The highest BCUT2D eigenvalue weighted by Gasteiger charge is 2.31. The fourth-order valence-corrected chi connectivity index (χ4v) is 3.45. The van der Waals surface area contributed by atoms with Gasteiger partial charge in [0.05, 0.1) is 25.0 Å². The van der Waals surface area contributed by atoms with E-state index in [0.717, 1.165) is 30.8 Å². The minimum atomic E-state index is 0.0347. The molecule has 2 aromatic heterocycles. The Balaban J connectivity index is 1.63. The van der Waals surface area contributed by atoms with Gasteiger partial charge < -0.3 is 9.73 Å². The Morgan fingerprint density at radius 1 is 1.48 bits per heavy atom. The Morgan fingerprint density at radius 3 is 2.96 bits per heavy atom. The Kier molecular flexibility index (Phi) is 4.52. The summed E-state index contributed by atoms with van der Waals surface area (Å²) in [6.45, 7) is 5.96. The van der Waals surface area contributed by atoms with Crippen LogP contribution in [-0.2, 0) is 18.4 Å². The number of likely N-dealkylation sites (tertiary alicyclic amines) is 1. The predicted octanol–water partition coefficient (Wildman–Crippen LogP) is 2.08. The van der Waals surface area contributed by atoms with Crippen molar-refractivity contribution in [3.63, 3.8) is 0 Å². The first-order valence-corrected chi connectivity index (χ1v) is 8.09. The molecule has 1 aliphatic rings. The summed E-state index contributed by atoms with van der Waals surface area (Å²) in [6, 6.07) is 3.98. The highest BCUT2D eigenvalue weighted by molar-refractivity contribution is 5.78. The molecule has 0 aliphatic carbocycles. The summed E-state index contributed by atoms with van der Waals surface area (Å²) < 4.78 is 7.17. The zero-order valence-electron chi connectivity index (χ0n) is 14.0. The Hall–Kier alpha value is -2.08. The van der Waals surface area contributed by atoms with E-state index in [4.69, 9.17) is 4.42 Å². The molecule has 1 aliphatic heterocycles. The number of carbonyl (C=O) groups excluding carboxylic acids is 1. The van der Waals surface area contributed by atoms with Gasteiger partial charge in [0, 0.05) is 24.3 Å². The molecule has 3 heterocycles. The number of carbonyl (C=O) groups is 1. The molecule has 6 nitrogen and oxygen atoms in total. The van der Waals surface area contributed by atoms with Gasteiger partial charge in [0.2, 0.25) is 5.91 Å². The first-order valence-electron chi connectivity index (χ1n) is 8.09. The predicted molar refractivity (Wildman–Crippen MR) is 86.8 cm³/mol. The standard InChI is InChI=1S/C17H24N4O2/c1-12-17(13(2)20(3)19-12)15-7-4-8-21(15)11-16(22)18-10-14-6-5-9-23-14/h5-6,9,15H,4,7-8,10-11H2,1-3H3,(H,18,22)/t15-/m1/s1. The van der Waals surface area contributed by atoms with Gasteiger partial charge in [-0.25, -0.2) is 0 Å². The SMILES string of the molecule is Cc1nn(C)c(C)c1[C@H]1CCCN1CC(=O)NCc1ccco1. The van der Waals surface area contributed by atoms with Gasteiger partial charge in [-0.15, -0.1) is 0 Å². The van der Waals surface area contributed by atoms with Crippen LogP contribution in [0.3, 0.4) is 0 Å². The molecule has 0 spiro atoms. The molecule has 2 aromatic rings. The molecule has 3 rings (SSSR count). The van der Waals surface area contributed by atoms with Gasteiger partial charge in [-0.1, -0.05) is 0 Å². The largest absolute Gasteiger partial charge is 0.467 e. The van der Waals surface area contributed by atoms with Crippen LogP contribution in [0, 0.1) is 13.8 Å². The highest BCUT2D eigenvalue weighted by Crippen LogP contribution is 2.34. The average molecular weight is 316 g/mol. The number of amides is 1. The fourth-order valence-electron chi connectivity index (χ4n) is 3.45. The van der Waals surface area contributed by atoms with E-state index in [0.29, 0.717) is 13.1 Å². The van der Waals surface area contributed by atoms with Crippen LogP contribution in [0.25, 0.3) is 0 Å². The first-order chi connectivity index (χ1) is 11.1. The lowest BCUT2D eigenvalue weighted by Gasteiger charge is -2.24. The molecule has 0 saturated carbocycles. The molecule has 0 unspecified atom stereocenters. The van der Waals surface area contributed by atoms with Gasteiger partial charge in [-0.2, -0.15) is 5.10 Å². The second kappa shape index (κ2) is 6.58. The molecule has 1 amide bonds. The molecule has 1 saturated heterocycles. The maximum absolute atomic E-state index is 12.2. The summed E-state index contributed by atoms with van der Waals surface area (Å²) >= 11 is 0. The maximum atomic E-state index is 12.2. The Labute approximate surface area is 136 Å². The van der Waals surface area contributed by atoms with E-state index in [1.165, 1.54) is 11.3 Å². The van der Waals surface area contributed by atoms with Crippen LogP contribution in [0.1, 0.15) is 41.6 Å². The topological polar surface area (TPSA) is 63.3 Å².